The quantitative estimate of drug-likeness (QED) is 0.727. The summed E-state index contributed by atoms with van der Waals surface area (Å²) in [6.07, 6.45) is 2.38. The Kier molecular flexibility index (Phi) is 7.69. The van der Waals surface area contributed by atoms with Crippen molar-refractivity contribution in [2.45, 2.75) is 39.3 Å². The van der Waals surface area contributed by atoms with Crippen molar-refractivity contribution in [2.75, 3.05) is 32.8 Å². The van der Waals surface area contributed by atoms with E-state index in [-0.39, 0.29) is 0 Å². The molecule has 0 amide bonds. The van der Waals surface area contributed by atoms with Gasteiger partial charge in [-0.3, -0.25) is 4.90 Å². The fraction of sp³-hybridized carbons (Fsp3) is 0.632. The maximum absolute atomic E-state index is 10.9. The van der Waals surface area contributed by atoms with E-state index in [1.807, 2.05) is 12.1 Å². The highest BCUT2D eigenvalue weighted by atomic mass is 16.5. The molecule has 5 heteroatoms. The van der Waals surface area contributed by atoms with E-state index in [0.29, 0.717) is 17.5 Å². The Balaban J connectivity index is 1.90. The monoisotopic (exact) mass is 334 g/mol. The Morgan fingerprint density at radius 3 is 2.38 bits per heavy atom. The van der Waals surface area contributed by atoms with Crippen LogP contribution in [0, 0.1) is 5.92 Å². The predicted molar refractivity (Wildman–Crippen MR) is 95.4 cm³/mol. The summed E-state index contributed by atoms with van der Waals surface area (Å²) in [6, 6.07) is 7.63. The van der Waals surface area contributed by atoms with E-state index in [2.05, 4.69) is 24.1 Å². The maximum Gasteiger partial charge on any atom is 0.335 e. The van der Waals surface area contributed by atoms with Crippen molar-refractivity contribution in [3.8, 4) is 0 Å². The van der Waals surface area contributed by atoms with Gasteiger partial charge in [-0.2, -0.15) is 0 Å². The number of carboxylic acids is 1. The lowest BCUT2D eigenvalue weighted by atomic mass is 9.92. The van der Waals surface area contributed by atoms with Crippen LogP contribution in [-0.2, 0) is 11.3 Å². The van der Waals surface area contributed by atoms with Crippen LogP contribution in [0.2, 0.25) is 0 Å². The second kappa shape index (κ2) is 9.77. The molecule has 1 aliphatic rings. The van der Waals surface area contributed by atoms with Gasteiger partial charge in [-0.25, -0.2) is 4.79 Å². The fourth-order valence-corrected chi connectivity index (χ4v) is 3.47. The number of carbonyl (C=O) groups is 1. The average Bonchev–Trinajstić information content (AvgIpc) is 2.62. The number of hydrogen-bond donors (Lipinski definition) is 2. The molecule has 1 aliphatic heterocycles. The second-order valence-corrected chi connectivity index (χ2v) is 6.43. The van der Waals surface area contributed by atoms with Crippen LogP contribution in [0.25, 0.3) is 0 Å². The molecule has 0 bridgehead atoms. The molecule has 24 heavy (non-hydrogen) atoms. The van der Waals surface area contributed by atoms with Gasteiger partial charge in [0.2, 0.25) is 0 Å². The minimum absolute atomic E-state index is 0.335. The first-order valence-corrected chi connectivity index (χ1v) is 9.00. The van der Waals surface area contributed by atoms with Crippen LogP contribution in [-0.4, -0.2) is 54.9 Å². The summed E-state index contributed by atoms with van der Waals surface area (Å²) in [5, 5.41) is 12.5. The van der Waals surface area contributed by atoms with Crippen LogP contribution in [0.1, 0.15) is 42.6 Å². The van der Waals surface area contributed by atoms with Crippen molar-refractivity contribution in [1.82, 2.24) is 10.2 Å². The Labute approximate surface area is 145 Å². The third-order valence-electron chi connectivity index (χ3n) is 4.99. The minimum atomic E-state index is -0.879. The molecular weight excluding hydrogens is 304 g/mol. The van der Waals surface area contributed by atoms with Gasteiger partial charge in [0.05, 0.1) is 18.8 Å². The smallest absolute Gasteiger partial charge is 0.335 e. The first-order chi connectivity index (χ1) is 11.7. The third-order valence-corrected chi connectivity index (χ3v) is 4.99. The number of ether oxygens (including phenoxy) is 1. The van der Waals surface area contributed by atoms with Crippen molar-refractivity contribution in [3.63, 3.8) is 0 Å². The van der Waals surface area contributed by atoms with E-state index in [1.165, 1.54) is 12.8 Å². The lowest BCUT2D eigenvalue weighted by molar-refractivity contribution is 0.00161. The van der Waals surface area contributed by atoms with Crippen LogP contribution in [0.3, 0.4) is 0 Å². The molecule has 1 unspecified atom stereocenters. The Morgan fingerprint density at radius 2 is 1.83 bits per heavy atom. The number of carboxylic acid groups (broad SMARTS) is 1. The molecule has 0 spiro atoms. The van der Waals surface area contributed by atoms with E-state index in [0.717, 1.165) is 45.0 Å². The highest BCUT2D eigenvalue weighted by Crippen LogP contribution is 2.19. The summed E-state index contributed by atoms with van der Waals surface area (Å²) in [6.45, 7) is 9.93. The fourth-order valence-electron chi connectivity index (χ4n) is 3.47. The van der Waals surface area contributed by atoms with Gasteiger partial charge in [0, 0.05) is 32.2 Å². The van der Waals surface area contributed by atoms with Crippen LogP contribution in [0.15, 0.2) is 24.3 Å². The molecule has 0 aliphatic carbocycles. The SMILES string of the molecule is CCC(CC)C(CNCc1ccc(C(=O)O)cc1)N1CCOCC1. The highest BCUT2D eigenvalue weighted by Gasteiger charge is 2.26. The van der Waals surface area contributed by atoms with Crippen molar-refractivity contribution < 1.29 is 14.6 Å². The topological polar surface area (TPSA) is 61.8 Å². The van der Waals surface area contributed by atoms with E-state index in [1.54, 1.807) is 12.1 Å². The molecule has 134 valence electrons. The van der Waals surface area contributed by atoms with E-state index < -0.39 is 5.97 Å². The normalized spacial score (nSPS) is 17.1. The van der Waals surface area contributed by atoms with Gasteiger partial charge in [-0.1, -0.05) is 38.8 Å². The van der Waals surface area contributed by atoms with Gasteiger partial charge in [-0.05, 0) is 23.6 Å². The molecular formula is C19H30N2O3. The average molecular weight is 334 g/mol. The molecule has 1 fully saturated rings. The standard InChI is InChI=1S/C19H30N2O3/c1-3-16(4-2)18(21-9-11-24-12-10-21)14-20-13-15-5-7-17(8-6-15)19(22)23/h5-8,16,18,20H,3-4,9-14H2,1-2H3,(H,22,23). The highest BCUT2D eigenvalue weighted by molar-refractivity contribution is 5.87. The number of benzene rings is 1. The van der Waals surface area contributed by atoms with Gasteiger partial charge in [-0.15, -0.1) is 0 Å². The molecule has 0 saturated carbocycles. The van der Waals surface area contributed by atoms with Gasteiger partial charge in [0.1, 0.15) is 0 Å². The Bertz CT molecular complexity index is 494. The summed E-state index contributed by atoms with van der Waals surface area (Å²) in [7, 11) is 0. The number of morpholine rings is 1. The van der Waals surface area contributed by atoms with Crippen molar-refractivity contribution in [2.24, 2.45) is 5.92 Å². The van der Waals surface area contributed by atoms with Gasteiger partial charge >= 0.3 is 5.97 Å². The zero-order valence-electron chi connectivity index (χ0n) is 14.8. The molecule has 0 aromatic heterocycles. The van der Waals surface area contributed by atoms with E-state index in [9.17, 15) is 4.79 Å². The Morgan fingerprint density at radius 1 is 1.21 bits per heavy atom. The van der Waals surface area contributed by atoms with Crippen LogP contribution in [0.5, 0.6) is 0 Å². The van der Waals surface area contributed by atoms with E-state index in [4.69, 9.17) is 9.84 Å². The van der Waals surface area contributed by atoms with Gasteiger partial charge in [0.15, 0.2) is 0 Å². The van der Waals surface area contributed by atoms with Crippen molar-refractivity contribution >= 4 is 5.97 Å². The molecule has 1 atom stereocenters. The van der Waals surface area contributed by atoms with Crippen molar-refractivity contribution in [1.29, 1.82) is 0 Å². The summed E-state index contributed by atoms with van der Waals surface area (Å²) in [4.78, 5) is 13.5. The lowest BCUT2D eigenvalue weighted by Crippen LogP contribution is -2.51. The van der Waals surface area contributed by atoms with Gasteiger partial charge < -0.3 is 15.2 Å². The first kappa shape index (κ1) is 18.9. The number of aromatic carboxylic acids is 1. The summed E-state index contributed by atoms with van der Waals surface area (Å²) < 4.78 is 5.49. The second-order valence-electron chi connectivity index (χ2n) is 6.43. The van der Waals surface area contributed by atoms with Crippen LogP contribution in [0.4, 0.5) is 0 Å². The molecule has 2 N–H and O–H groups in total. The summed E-state index contributed by atoms with van der Waals surface area (Å²) >= 11 is 0. The number of nitrogens with one attached hydrogen (secondary N) is 1. The minimum Gasteiger partial charge on any atom is -0.478 e. The number of nitrogens with zero attached hydrogens (tertiary/aromatic N) is 1. The molecule has 1 aromatic rings. The molecule has 1 aromatic carbocycles. The molecule has 5 nitrogen and oxygen atoms in total. The lowest BCUT2D eigenvalue weighted by Gasteiger charge is -2.39. The zero-order valence-corrected chi connectivity index (χ0v) is 14.8. The maximum atomic E-state index is 10.9. The number of rotatable bonds is 9. The summed E-state index contributed by atoms with van der Waals surface area (Å²) in [5.74, 6) is -0.194. The largest absolute Gasteiger partial charge is 0.478 e. The van der Waals surface area contributed by atoms with E-state index >= 15 is 0 Å². The Hall–Kier alpha value is -1.43. The van der Waals surface area contributed by atoms with Crippen LogP contribution >= 0.6 is 0 Å². The third kappa shape index (κ3) is 5.30. The van der Waals surface area contributed by atoms with Crippen molar-refractivity contribution in [3.05, 3.63) is 35.4 Å². The summed E-state index contributed by atoms with van der Waals surface area (Å²) in [5.41, 5.74) is 1.45. The molecule has 1 heterocycles. The zero-order chi connectivity index (χ0) is 17.4. The molecule has 0 radical (unpaired) electrons. The first-order valence-electron chi connectivity index (χ1n) is 9.00. The molecule has 2 rings (SSSR count). The predicted octanol–water partition coefficient (Wildman–Crippen LogP) is 2.61. The van der Waals surface area contributed by atoms with Crippen LogP contribution < -0.4 is 5.32 Å². The molecule has 1 saturated heterocycles. The number of hydrogen-bond acceptors (Lipinski definition) is 4. The van der Waals surface area contributed by atoms with Gasteiger partial charge in [0.25, 0.3) is 0 Å².